The van der Waals surface area contributed by atoms with E-state index in [9.17, 15) is 4.79 Å². The van der Waals surface area contributed by atoms with Crippen LogP contribution < -0.4 is 0 Å². The highest BCUT2D eigenvalue weighted by Gasteiger charge is 2.63. The standard InChI is InChI=1S/C12H16Cl3NO6/c1-6(17)18-4-11-5-19-8(20-9(16)12(13,14)15)7(11)21-10(2,3)22-11/h7-8,16H,4-5H2,1-3H3/t7-,8?,11+/m0/s1. The molecule has 0 amide bonds. The van der Waals surface area contributed by atoms with E-state index in [2.05, 4.69) is 0 Å². The van der Waals surface area contributed by atoms with Gasteiger partial charge in [0.15, 0.2) is 17.5 Å². The summed E-state index contributed by atoms with van der Waals surface area (Å²) < 4.78 is 25.3. The van der Waals surface area contributed by atoms with Crippen LogP contribution in [0.1, 0.15) is 20.8 Å². The number of alkyl halides is 3. The third-order valence-corrected chi connectivity index (χ3v) is 3.64. The molecule has 1 unspecified atom stereocenters. The number of carbonyl (C=O) groups excluding carboxylic acids is 1. The fraction of sp³-hybridized carbons (Fsp3) is 0.833. The smallest absolute Gasteiger partial charge is 0.302 e. The van der Waals surface area contributed by atoms with E-state index < -0.39 is 39.4 Å². The molecule has 2 saturated heterocycles. The van der Waals surface area contributed by atoms with Gasteiger partial charge in [-0.05, 0) is 13.8 Å². The number of halogens is 3. The summed E-state index contributed by atoms with van der Waals surface area (Å²) in [4.78, 5) is 11.1. The molecule has 0 aromatic carbocycles. The van der Waals surface area contributed by atoms with Gasteiger partial charge in [-0.1, -0.05) is 34.8 Å². The molecule has 0 aromatic heterocycles. The topological polar surface area (TPSA) is 87.1 Å². The van der Waals surface area contributed by atoms with Gasteiger partial charge < -0.3 is 23.7 Å². The van der Waals surface area contributed by atoms with Crippen molar-refractivity contribution in [1.29, 1.82) is 5.41 Å². The fourth-order valence-electron chi connectivity index (χ4n) is 2.37. The number of esters is 1. The van der Waals surface area contributed by atoms with Gasteiger partial charge in [0.1, 0.15) is 6.61 Å². The summed E-state index contributed by atoms with van der Waals surface area (Å²) in [5.74, 6) is -1.99. The van der Waals surface area contributed by atoms with Crippen LogP contribution in [-0.2, 0) is 28.5 Å². The summed E-state index contributed by atoms with van der Waals surface area (Å²) >= 11 is 16.7. The molecule has 3 atom stereocenters. The predicted molar refractivity (Wildman–Crippen MR) is 78.2 cm³/mol. The SMILES string of the molecule is CC(=O)OC[C@@]12COC(OC(=N)C(Cl)(Cl)Cl)[C@@H]1OC(C)(C)O2. The molecule has 2 heterocycles. The van der Waals surface area contributed by atoms with E-state index in [-0.39, 0.29) is 13.2 Å². The quantitative estimate of drug-likeness (QED) is 0.351. The number of ether oxygens (including phenoxy) is 5. The summed E-state index contributed by atoms with van der Waals surface area (Å²) in [5.41, 5.74) is -1.03. The Morgan fingerprint density at radius 1 is 1.41 bits per heavy atom. The molecular formula is C12H16Cl3NO6. The molecular weight excluding hydrogens is 360 g/mol. The Morgan fingerprint density at radius 2 is 2.05 bits per heavy atom. The Bertz CT molecular complexity index is 480. The first-order valence-corrected chi connectivity index (χ1v) is 7.54. The van der Waals surface area contributed by atoms with Gasteiger partial charge in [-0.3, -0.25) is 10.2 Å². The highest BCUT2D eigenvalue weighted by Crippen LogP contribution is 2.44. The molecule has 2 aliphatic rings. The van der Waals surface area contributed by atoms with Gasteiger partial charge in [0.2, 0.25) is 12.2 Å². The van der Waals surface area contributed by atoms with Crippen LogP contribution in [0.3, 0.4) is 0 Å². The Kier molecular flexibility index (Phi) is 4.88. The molecule has 22 heavy (non-hydrogen) atoms. The van der Waals surface area contributed by atoms with Crippen LogP contribution in [0.4, 0.5) is 0 Å². The molecule has 0 aromatic rings. The van der Waals surface area contributed by atoms with Crippen LogP contribution in [0.15, 0.2) is 0 Å². The number of fused-ring (bicyclic) bond motifs is 1. The minimum atomic E-state index is -2.01. The first kappa shape index (κ1) is 18.0. The van der Waals surface area contributed by atoms with E-state index >= 15 is 0 Å². The lowest BCUT2D eigenvalue weighted by atomic mass is 10.0. The third-order valence-electron chi connectivity index (χ3n) is 3.13. The van der Waals surface area contributed by atoms with Crippen LogP contribution >= 0.6 is 34.8 Å². The van der Waals surface area contributed by atoms with E-state index in [1.807, 2.05) is 0 Å². The highest BCUT2D eigenvalue weighted by atomic mass is 35.6. The molecule has 126 valence electrons. The molecule has 7 nitrogen and oxygen atoms in total. The largest absolute Gasteiger partial charge is 0.463 e. The van der Waals surface area contributed by atoms with Gasteiger partial charge in [-0.2, -0.15) is 0 Å². The summed E-state index contributed by atoms with van der Waals surface area (Å²) in [6, 6.07) is 0. The molecule has 2 rings (SSSR count). The molecule has 0 aliphatic carbocycles. The van der Waals surface area contributed by atoms with Gasteiger partial charge in [0.25, 0.3) is 3.79 Å². The zero-order chi connectivity index (χ0) is 16.8. The van der Waals surface area contributed by atoms with Crippen LogP contribution in [0, 0.1) is 5.41 Å². The Hall–Kier alpha value is -0.310. The molecule has 0 spiro atoms. The number of nitrogens with one attached hydrogen (secondary N) is 1. The molecule has 0 bridgehead atoms. The van der Waals surface area contributed by atoms with Gasteiger partial charge in [-0.25, -0.2) is 0 Å². The number of carbonyl (C=O) groups is 1. The van der Waals surface area contributed by atoms with Gasteiger partial charge >= 0.3 is 5.97 Å². The molecule has 2 fully saturated rings. The van der Waals surface area contributed by atoms with Crippen molar-refractivity contribution in [3.05, 3.63) is 0 Å². The maximum atomic E-state index is 11.1. The zero-order valence-corrected chi connectivity index (χ0v) is 14.4. The van der Waals surface area contributed by atoms with E-state index in [1.165, 1.54) is 6.92 Å². The van der Waals surface area contributed by atoms with Crippen LogP contribution in [0.2, 0.25) is 0 Å². The predicted octanol–water partition coefficient (Wildman–Crippen LogP) is 2.16. The zero-order valence-electron chi connectivity index (χ0n) is 12.2. The maximum Gasteiger partial charge on any atom is 0.302 e. The molecule has 1 N–H and O–H groups in total. The Morgan fingerprint density at radius 3 is 2.59 bits per heavy atom. The minimum Gasteiger partial charge on any atom is -0.463 e. The van der Waals surface area contributed by atoms with Crippen molar-refractivity contribution in [3.63, 3.8) is 0 Å². The number of hydrogen-bond acceptors (Lipinski definition) is 7. The fourth-order valence-corrected chi connectivity index (χ4v) is 2.50. The van der Waals surface area contributed by atoms with Crippen molar-refractivity contribution in [3.8, 4) is 0 Å². The first-order valence-electron chi connectivity index (χ1n) is 6.41. The van der Waals surface area contributed by atoms with Crippen molar-refractivity contribution >= 4 is 46.7 Å². The van der Waals surface area contributed by atoms with E-state index in [1.54, 1.807) is 13.8 Å². The summed E-state index contributed by atoms with van der Waals surface area (Å²) in [7, 11) is 0. The summed E-state index contributed by atoms with van der Waals surface area (Å²) in [6.07, 6.45) is -1.75. The van der Waals surface area contributed by atoms with E-state index in [4.69, 9.17) is 63.9 Å². The highest BCUT2D eigenvalue weighted by molar-refractivity contribution is 6.76. The minimum absolute atomic E-state index is 0.0478. The second-order valence-electron chi connectivity index (χ2n) is 5.51. The second kappa shape index (κ2) is 5.96. The molecule has 2 aliphatic heterocycles. The van der Waals surface area contributed by atoms with Crippen LogP contribution in [0.25, 0.3) is 0 Å². The van der Waals surface area contributed by atoms with Gasteiger partial charge in [0.05, 0.1) is 6.61 Å². The Balaban J connectivity index is 2.14. The van der Waals surface area contributed by atoms with Gasteiger partial charge in [-0.15, -0.1) is 0 Å². The van der Waals surface area contributed by atoms with E-state index in [0.29, 0.717) is 0 Å². The van der Waals surface area contributed by atoms with Crippen molar-refractivity contribution < 1.29 is 28.5 Å². The van der Waals surface area contributed by atoms with Crippen molar-refractivity contribution in [2.24, 2.45) is 0 Å². The van der Waals surface area contributed by atoms with Gasteiger partial charge in [0, 0.05) is 6.92 Å². The monoisotopic (exact) mass is 375 g/mol. The molecule has 0 radical (unpaired) electrons. The lowest BCUT2D eigenvalue weighted by molar-refractivity contribution is -0.215. The normalized spacial score (nSPS) is 33.4. The van der Waals surface area contributed by atoms with Crippen LogP contribution in [-0.4, -0.2) is 52.7 Å². The third kappa shape index (κ3) is 3.77. The average Bonchev–Trinajstić information content (AvgIpc) is 2.78. The lowest BCUT2D eigenvalue weighted by Crippen LogP contribution is -2.47. The maximum absolute atomic E-state index is 11.1. The number of rotatable bonds is 3. The lowest BCUT2D eigenvalue weighted by Gasteiger charge is -2.25. The van der Waals surface area contributed by atoms with E-state index in [0.717, 1.165) is 0 Å². The Labute approximate surface area is 142 Å². The van der Waals surface area contributed by atoms with Crippen LogP contribution in [0.5, 0.6) is 0 Å². The summed E-state index contributed by atoms with van der Waals surface area (Å²) in [6.45, 7) is 4.68. The van der Waals surface area contributed by atoms with Crippen molar-refractivity contribution in [1.82, 2.24) is 0 Å². The second-order valence-corrected chi connectivity index (χ2v) is 7.79. The average molecular weight is 377 g/mol. The molecule has 0 saturated carbocycles. The first-order chi connectivity index (χ1) is 9.95. The molecule has 10 heteroatoms. The summed E-state index contributed by atoms with van der Waals surface area (Å²) in [5, 5.41) is 7.61. The van der Waals surface area contributed by atoms with Crippen molar-refractivity contribution in [2.45, 2.75) is 48.3 Å². The van der Waals surface area contributed by atoms with Crippen molar-refractivity contribution in [2.75, 3.05) is 13.2 Å². The number of hydrogen-bond donors (Lipinski definition) is 1.